The Balaban J connectivity index is 1.88. The van der Waals surface area contributed by atoms with Gasteiger partial charge in [0.1, 0.15) is 6.54 Å². The van der Waals surface area contributed by atoms with E-state index in [2.05, 4.69) is 5.32 Å². The first-order valence-electron chi connectivity index (χ1n) is 8.43. The summed E-state index contributed by atoms with van der Waals surface area (Å²) in [6, 6.07) is 4.18. The van der Waals surface area contributed by atoms with Gasteiger partial charge >= 0.3 is 12.0 Å². The van der Waals surface area contributed by atoms with Crippen LogP contribution in [0.1, 0.15) is 23.2 Å². The van der Waals surface area contributed by atoms with Gasteiger partial charge in [0.2, 0.25) is 0 Å². The van der Waals surface area contributed by atoms with Crippen LogP contribution in [0.25, 0.3) is 0 Å². The molecule has 8 nitrogen and oxygen atoms in total. The third-order valence-corrected chi connectivity index (χ3v) is 4.86. The number of carboxylic acids is 1. The Morgan fingerprint density at radius 2 is 2.08 bits per heavy atom. The van der Waals surface area contributed by atoms with Gasteiger partial charge in [-0.25, -0.2) is 4.79 Å². The lowest BCUT2D eigenvalue weighted by Gasteiger charge is -2.33. The van der Waals surface area contributed by atoms with Gasteiger partial charge in [-0.1, -0.05) is 11.6 Å². The van der Waals surface area contributed by atoms with Gasteiger partial charge in [-0.15, -0.1) is 0 Å². The Bertz CT molecular complexity index is 720. The molecule has 0 saturated carbocycles. The highest BCUT2D eigenvalue weighted by molar-refractivity contribution is 6.34. The van der Waals surface area contributed by atoms with Crippen molar-refractivity contribution in [1.82, 2.24) is 10.2 Å². The van der Waals surface area contributed by atoms with Crippen molar-refractivity contribution >= 4 is 35.2 Å². The maximum atomic E-state index is 13.0. The second kappa shape index (κ2) is 7.92. The van der Waals surface area contributed by atoms with E-state index in [1.54, 1.807) is 18.2 Å². The number of carbonyl (C=O) groups is 3. The number of benzene rings is 1. The molecule has 0 aromatic heterocycles. The molecule has 3 amide bonds. The zero-order valence-corrected chi connectivity index (χ0v) is 14.9. The lowest BCUT2D eigenvalue weighted by molar-refractivity contribution is -0.138. The summed E-state index contributed by atoms with van der Waals surface area (Å²) in [5.41, 5.74) is 0.742. The summed E-state index contributed by atoms with van der Waals surface area (Å²) in [5.74, 6) is -1.46. The van der Waals surface area contributed by atoms with Crippen LogP contribution in [0.5, 0.6) is 0 Å². The van der Waals surface area contributed by atoms with Crippen molar-refractivity contribution in [3.8, 4) is 0 Å². The van der Waals surface area contributed by atoms with E-state index in [-0.39, 0.29) is 18.6 Å². The molecule has 3 rings (SSSR count). The van der Waals surface area contributed by atoms with Crippen molar-refractivity contribution in [2.75, 3.05) is 37.7 Å². The average molecular weight is 382 g/mol. The van der Waals surface area contributed by atoms with Crippen molar-refractivity contribution in [3.05, 3.63) is 28.8 Å². The van der Waals surface area contributed by atoms with E-state index in [0.29, 0.717) is 55.4 Å². The summed E-state index contributed by atoms with van der Waals surface area (Å²) in [6.45, 7) is 1.56. The highest BCUT2D eigenvalue weighted by atomic mass is 35.5. The van der Waals surface area contributed by atoms with Crippen LogP contribution in [-0.4, -0.2) is 66.8 Å². The monoisotopic (exact) mass is 381 g/mol. The Labute approximate surface area is 155 Å². The first-order valence-corrected chi connectivity index (χ1v) is 8.80. The van der Waals surface area contributed by atoms with Crippen LogP contribution in [0.15, 0.2) is 18.2 Å². The fraction of sp³-hybridized carbons (Fsp3) is 0.471. The van der Waals surface area contributed by atoms with Crippen LogP contribution >= 0.6 is 11.6 Å². The van der Waals surface area contributed by atoms with Crippen LogP contribution in [-0.2, 0) is 9.53 Å². The van der Waals surface area contributed by atoms with Crippen molar-refractivity contribution in [2.24, 2.45) is 0 Å². The number of ether oxygens (including phenoxy) is 1. The van der Waals surface area contributed by atoms with Gasteiger partial charge in [0.05, 0.1) is 10.7 Å². The van der Waals surface area contributed by atoms with Crippen LogP contribution in [0.2, 0.25) is 5.02 Å². The third kappa shape index (κ3) is 3.91. The number of halogens is 1. The second-order valence-corrected chi connectivity index (χ2v) is 6.63. The molecular formula is C17H20ClN3O5. The molecule has 0 spiro atoms. The van der Waals surface area contributed by atoms with Gasteiger partial charge in [0.25, 0.3) is 5.91 Å². The SMILES string of the molecule is O=C(O)CN(C(=O)c1ccc(Cl)c(N2CCNC2=O)c1)C1CCOCC1. The Morgan fingerprint density at radius 1 is 1.35 bits per heavy atom. The van der Waals surface area contributed by atoms with Gasteiger partial charge in [-0.2, -0.15) is 0 Å². The van der Waals surface area contributed by atoms with Crippen LogP contribution < -0.4 is 10.2 Å². The predicted molar refractivity (Wildman–Crippen MR) is 94.7 cm³/mol. The number of anilines is 1. The van der Waals surface area contributed by atoms with Gasteiger partial charge in [-0.3, -0.25) is 14.5 Å². The third-order valence-electron chi connectivity index (χ3n) is 4.54. The minimum atomic E-state index is -1.07. The number of carboxylic acid groups (broad SMARTS) is 1. The summed E-state index contributed by atoms with van der Waals surface area (Å²) < 4.78 is 5.30. The molecule has 2 fully saturated rings. The molecule has 2 N–H and O–H groups in total. The normalized spacial score (nSPS) is 17.9. The average Bonchev–Trinajstić information content (AvgIpc) is 3.06. The number of amides is 3. The highest BCUT2D eigenvalue weighted by Crippen LogP contribution is 2.29. The molecule has 2 heterocycles. The van der Waals surface area contributed by atoms with E-state index in [4.69, 9.17) is 16.3 Å². The van der Waals surface area contributed by atoms with E-state index < -0.39 is 11.9 Å². The van der Waals surface area contributed by atoms with Crippen molar-refractivity contribution in [2.45, 2.75) is 18.9 Å². The molecule has 26 heavy (non-hydrogen) atoms. The van der Waals surface area contributed by atoms with E-state index >= 15 is 0 Å². The maximum absolute atomic E-state index is 13.0. The molecule has 0 bridgehead atoms. The molecule has 2 saturated heterocycles. The molecule has 140 valence electrons. The first-order chi connectivity index (χ1) is 12.5. The zero-order valence-electron chi connectivity index (χ0n) is 14.1. The summed E-state index contributed by atoms with van der Waals surface area (Å²) in [5, 5.41) is 12.3. The van der Waals surface area contributed by atoms with Crippen LogP contribution in [0, 0.1) is 0 Å². The number of urea groups is 1. The molecule has 2 aliphatic heterocycles. The van der Waals surface area contributed by atoms with Gasteiger partial charge in [0.15, 0.2) is 0 Å². The summed E-state index contributed by atoms with van der Waals surface area (Å²) >= 11 is 6.20. The number of nitrogens with one attached hydrogen (secondary N) is 1. The number of nitrogens with zero attached hydrogens (tertiary/aromatic N) is 2. The number of rotatable bonds is 5. The molecule has 0 atom stereocenters. The van der Waals surface area contributed by atoms with Crippen molar-refractivity contribution in [3.63, 3.8) is 0 Å². The van der Waals surface area contributed by atoms with Gasteiger partial charge < -0.3 is 20.1 Å². The van der Waals surface area contributed by atoms with E-state index in [0.717, 1.165) is 0 Å². The quantitative estimate of drug-likeness (QED) is 0.806. The zero-order chi connectivity index (χ0) is 18.7. The summed E-state index contributed by atoms with van der Waals surface area (Å²) in [4.78, 5) is 39.0. The Hall–Kier alpha value is -2.32. The number of hydrogen-bond donors (Lipinski definition) is 2. The second-order valence-electron chi connectivity index (χ2n) is 6.22. The van der Waals surface area contributed by atoms with E-state index in [1.165, 1.54) is 9.80 Å². The smallest absolute Gasteiger partial charge is 0.323 e. The standard InChI is InChI=1S/C17H20ClN3O5/c18-13-2-1-11(9-14(13)20-6-5-19-17(20)25)16(24)21(10-15(22)23)12-3-7-26-8-4-12/h1-2,9,12H,3-8,10H2,(H,19,25)(H,22,23). The molecule has 1 aromatic rings. The van der Waals surface area contributed by atoms with Gasteiger partial charge in [-0.05, 0) is 31.0 Å². The summed E-state index contributed by atoms with van der Waals surface area (Å²) in [7, 11) is 0. The van der Waals surface area contributed by atoms with E-state index in [1.807, 2.05) is 0 Å². The molecular weight excluding hydrogens is 362 g/mol. The van der Waals surface area contributed by atoms with Gasteiger partial charge in [0, 0.05) is 37.9 Å². The molecule has 0 unspecified atom stereocenters. The van der Waals surface area contributed by atoms with Crippen LogP contribution in [0.3, 0.4) is 0 Å². The highest BCUT2D eigenvalue weighted by Gasteiger charge is 2.30. The minimum Gasteiger partial charge on any atom is -0.480 e. The minimum absolute atomic E-state index is 0.193. The lowest BCUT2D eigenvalue weighted by atomic mass is 10.0. The predicted octanol–water partition coefficient (Wildman–Crippen LogP) is 1.58. The number of aliphatic carboxylic acids is 1. The van der Waals surface area contributed by atoms with Crippen molar-refractivity contribution < 1.29 is 24.2 Å². The van der Waals surface area contributed by atoms with Crippen LogP contribution in [0.4, 0.5) is 10.5 Å². The largest absolute Gasteiger partial charge is 0.480 e. The Morgan fingerprint density at radius 3 is 2.69 bits per heavy atom. The fourth-order valence-electron chi connectivity index (χ4n) is 3.23. The molecule has 1 aromatic carbocycles. The maximum Gasteiger partial charge on any atom is 0.323 e. The Kier molecular flexibility index (Phi) is 5.63. The number of hydrogen-bond acceptors (Lipinski definition) is 4. The first kappa shape index (κ1) is 18.5. The summed E-state index contributed by atoms with van der Waals surface area (Å²) in [6.07, 6.45) is 1.18. The lowest BCUT2D eigenvalue weighted by Crippen LogP contribution is -2.46. The fourth-order valence-corrected chi connectivity index (χ4v) is 3.45. The van der Waals surface area contributed by atoms with Crippen molar-refractivity contribution in [1.29, 1.82) is 0 Å². The molecule has 0 radical (unpaired) electrons. The molecule has 9 heteroatoms. The topological polar surface area (TPSA) is 99.2 Å². The van der Waals surface area contributed by atoms with E-state index in [9.17, 15) is 19.5 Å². The molecule has 0 aliphatic carbocycles. The number of carbonyl (C=O) groups excluding carboxylic acids is 2. The molecule has 2 aliphatic rings.